The summed E-state index contributed by atoms with van der Waals surface area (Å²) in [6.07, 6.45) is 0.0787. The molecule has 9 heteroatoms. The number of benzene rings is 4. The molecule has 4 aromatic carbocycles. The Kier molecular flexibility index (Phi) is 9.40. The first kappa shape index (κ1) is 27.9. The van der Waals surface area contributed by atoms with E-state index in [0.29, 0.717) is 22.6 Å². The zero-order valence-electron chi connectivity index (χ0n) is 21.1. The van der Waals surface area contributed by atoms with E-state index in [4.69, 9.17) is 15.2 Å². The molecule has 39 heavy (non-hydrogen) atoms. The molecular weight excluding hydrogens is 609 g/mol. The zero-order valence-corrected chi connectivity index (χ0v) is 23.3. The molecule has 0 aromatic heterocycles. The third kappa shape index (κ3) is 7.27. The molecule has 8 nitrogen and oxygen atoms in total. The lowest BCUT2D eigenvalue weighted by atomic mass is 10.0. The number of nitrogens with two attached hydrogens (primary N) is 1. The van der Waals surface area contributed by atoms with Gasteiger partial charge in [0.05, 0.1) is 17.1 Å². The molecule has 0 heterocycles. The number of hydrogen-bond donors (Lipinski definition) is 4. The molecule has 4 rings (SSSR count). The van der Waals surface area contributed by atoms with Gasteiger partial charge in [-0.2, -0.15) is 0 Å². The molecule has 0 saturated carbocycles. The fraction of sp³-hybridized carbons (Fsp3) is 0.133. The van der Waals surface area contributed by atoms with Crippen molar-refractivity contribution in [1.82, 2.24) is 0 Å². The average Bonchev–Trinajstić information content (AvgIpc) is 2.93. The molecule has 0 aliphatic heterocycles. The lowest BCUT2D eigenvalue weighted by Crippen LogP contribution is -2.28. The summed E-state index contributed by atoms with van der Waals surface area (Å²) in [5.41, 5.74) is 7.74. The first-order valence-corrected chi connectivity index (χ1v) is 13.3. The molecule has 200 valence electrons. The third-order valence-electron chi connectivity index (χ3n) is 5.87. The van der Waals surface area contributed by atoms with Crippen LogP contribution >= 0.6 is 22.6 Å². The number of anilines is 3. The van der Waals surface area contributed by atoms with E-state index < -0.39 is 24.2 Å². The molecule has 4 aromatic rings. The Bertz CT molecular complexity index is 1500. The number of fused-ring (bicyclic) bond motifs is 1. The highest BCUT2D eigenvalue weighted by molar-refractivity contribution is 14.1. The topological polar surface area (TPSA) is 123 Å². The number of hydrogen-bond acceptors (Lipinski definition) is 6. The van der Waals surface area contributed by atoms with Crippen LogP contribution < -0.4 is 16.4 Å². The maximum Gasteiger partial charge on any atom is 0.412 e. The highest BCUT2D eigenvalue weighted by Gasteiger charge is 2.29. The van der Waals surface area contributed by atoms with Crippen LogP contribution in [0.5, 0.6) is 5.75 Å². The molecule has 0 aliphatic carbocycles. The Morgan fingerprint density at radius 1 is 0.974 bits per heavy atom. The minimum absolute atomic E-state index is 0.0713. The summed E-state index contributed by atoms with van der Waals surface area (Å²) in [5.74, 6) is -0.513. The Morgan fingerprint density at radius 2 is 1.69 bits per heavy atom. The minimum Gasteiger partial charge on any atom is -0.508 e. The van der Waals surface area contributed by atoms with Crippen molar-refractivity contribution in [3.63, 3.8) is 0 Å². The summed E-state index contributed by atoms with van der Waals surface area (Å²) in [6, 6.07) is 25.1. The maximum atomic E-state index is 13.2. The van der Waals surface area contributed by atoms with Gasteiger partial charge < -0.3 is 25.6 Å². The van der Waals surface area contributed by atoms with Crippen molar-refractivity contribution < 1.29 is 24.2 Å². The van der Waals surface area contributed by atoms with Crippen LogP contribution in [-0.4, -0.2) is 29.8 Å². The molecule has 2 atom stereocenters. The van der Waals surface area contributed by atoms with Crippen molar-refractivity contribution in [3.8, 4) is 5.75 Å². The number of rotatable bonds is 9. The number of aromatic hydroxyl groups is 1. The Hall–Kier alpha value is -4.09. The molecule has 0 radical (unpaired) electrons. The molecule has 0 aliphatic rings. The predicted octanol–water partition coefficient (Wildman–Crippen LogP) is 6.62. The molecule has 2 amide bonds. The van der Waals surface area contributed by atoms with Gasteiger partial charge in [-0.15, -0.1) is 0 Å². The molecule has 0 spiro atoms. The van der Waals surface area contributed by atoms with Crippen molar-refractivity contribution >= 4 is 62.4 Å². The van der Waals surface area contributed by atoms with Gasteiger partial charge in [-0.1, -0.05) is 48.5 Å². The van der Waals surface area contributed by atoms with E-state index in [-0.39, 0.29) is 12.4 Å². The van der Waals surface area contributed by atoms with Gasteiger partial charge in [0.2, 0.25) is 5.91 Å². The first-order chi connectivity index (χ1) is 18.9. The Morgan fingerprint density at radius 3 is 2.49 bits per heavy atom. The van der Waals surface area contributed by atoms with E-state index in [2.05, 4.69) is 33.2 Å². The average molecular weight is 637 g/mol. The highest BCUT2D eigenvalue weighted by Crippen LogP contribution is 2.34. The second kappa shape index (κ2) is 13.1. The largest absolute Gasteiger partial charge is 0.508 e. The van der Waals surface area contributed by atoms with Crippen LogP contribution in [0.3, 0.4) is 0 Å². The number of para-hydroxylation sites is 2. The fourth-order valence-electron chi connectivity index (χ4n) is 4.05. The number of nitrogens with one attached hydrogen (secondary N) is 2. The summed E-state index contributed by atoms with van der Waals surface area (Å²) >= 11 is 2.11. The second-order valence-corrected chi connectivity index (χ2v) is 9.78. The number of amides is 2. The predicted molar refractivity (Wildman–Crippen MR) is 162 cm³/mol. The van der Waals surface area contributed by atoms with Gasteiger partial charge in [-0.3, -0.25) is 10.1 Å². The number of phenols is 1. The number of carbonyl (C=O) groups excluding carboxylic acids is 2. The van der Waals surface area contributed by atoms with Crippen LogP contribution in [0.15, 0.2) is 97.1 Å². The number of phenolic OH excluding ortho intramolecular Hbond substituents is 1. The number of nitrogen functional groups attached to an aromatic ring is 1. The van der Waals surface area contributed by atoms with E-state index in [1.807, 2.05) is 36.4 Å². The molecular formula is C30H28IN3O5. The van der Waals surface area contributed by atoms with Crippen molar-refractivity contribution in [2.75, 3.05) is 23.0 Å². The summed E-state index contributed by atoms with van der Waals surface area (Å²) in [6.45, 7) is 2.05. The summed E-state index contributed by atoms with van der Waals surface area (Å²) in [5, 5.41) is 18.0. The first-order valence-electron chi connectivity index (χ1n) is 12.2. The van der Waals surface area contributed by atoms with Crippen molar-refractivity contribution in [1.29, 1.82) is 0 Å². The number of ether oxygens (including phenoxy) is 2. The molecule has 5 N–H and O–H groups in total. The smallest absolute Gasteiger partial charge is 0.412 e. The van der Waals surface area contributed by atoms with Gasteiger partial charge in [0.25, 0.3) is 0 Å². The van der Waals surface area contributed by atoms with Crippen molar-refractivity contribution in [2.24, 2.45) is 0 Å². The van der Waals surface area contributed by atoms with Gasteiger partial charge in [0, 0.05) is 27.2 Å². The van der Waals surface area contributed by atoms with E-state index >= 15 is 0 Å². The van der Waals surface area contributed by atoms with Crippen LogP contribution in [0.25, 0.3) is 10.8 Å². The molecule has 0 fully saturated rings. The van der Waals surface area contributed by atoms with Gasteiger partial charge >= 0.3 is 6.09 Å². The van der Waals surface area contributed by atoms with Crippen LogP contribution in [0.2, 0.25) is 0 Å². The van der Waals surface area contributed by atoms with Crippen LogP contribution in [0, 0.1) is 3.57 Å². The normalized spacial score (nSPS) is 12.7. The highest BCUT2D eigenvalue weighted by atomic mass is 127. The number of halogens is 1. The SMILES string of the molecule is CCO[C@H](/C=C/C(=O)Nc1ccccc1N)[C@H](OC(=O)Nc1cccc2ccccc12)c1cc(I)ccc1O. The summed E-state index contributed by atoms with van der Waals surface area (Å²) in [4.78, 5) is 25.8. The third-order valence-corrected chi connectivity index (χ3v) is 6.54. The lowest BCUT2D eigenvalue weighted by Gasteiger charge is -2.26. The van der Waals surface area contributed by atoms with E-state index in [0.717, 1.165) is 14.3 Å². The van der Waals surface area contributed by atoms with Gasteiger partial charge in [0.1, 0.15) is 11.9 Å². The molecule has 0 unspecified atom stereocenters. The van der Waals surface area contributed by atoms with Crippen molar-refractivity contribution in [3.05, 3.63) is 106 Å². The lowest BCUT2D eigenvalue weighted by molar-refractivity contribution is -0.112. The van der Waals surface area contributed by atoms with Crippen LogP contribution in [0.4, 0.5) is 21.9 Å². The minimum atomic E-state index is -1.07. The van der Waals surface area contributed by atoms with Crippen LogP contribution in [-0.2, 0) is 14.3 Å². The monoisotopic (exact) mass is 637 g/mol. The maximum absolute atomic E-state index is 13.2. The van der Waals surface area contributed by atoms with Gasteiger partial charge in [0.15, 0.2) is 6.10 Å². The number of carbonyl (C=O) groups is 2. The second-order valence-electron chi connectivity index (χ2n) is 8.54. The standard InChI is InChI=1S/C30H28IN3O5/c1-2-38-27(16-17-28(36)33-25-12-6-5-11-23(25)32)29(22-18-20(31)14-15-26(22)35)39-30(37)34-24-13-7-9-19-8-3-4-10-21(19)24/h3-18,27,29,35H,2,32H2,1H3,(H,33,36)(H,34,37)/b17-16+/t27-,29-/m1/s1. The van der Waals surface area contributed by atoms with E-state index in [1.165, 1.54) is 18.2 Å². The molecule has 0 saturated heterocycles. The Balaban J connectivity index is 1.61. The van der Waals surface area contributed by atoms with E-state index in [1.54, 1.807) is 49.4 Å². The van der Waals surface area contributed by atoms with Crippen molar-refractivity contribution in [2.45, 2.75) is 19.1 Å². The fourth-order valence-corrected chi connectivity index (χ4v) is 4.57. The quantitative estimate of drug-likeness (QED) is 0.0930. The van der Waals surface area contributed by atoms with Gasteiger partial charge in [-0.05, 0) is 77.4 Å². The summed E-state index contributed by atoms with van der Waals surface area (Å²) < 4.78 is 12.6. The van der Waals surface area contributed by atoms with Crippen LogP contribution in [0.1, 0.15) is 18.6 Å². The zero-order chi connectivity index (χ0) is 27.8. The Labute approximate surface area is 240 Å². The van der Waals surface area contributed by atoms with Gasteiger partial charge in [-0.25, -0.2) is 4.79 Å². The summed E-state index contributed by atoms with van der Waals surface area (Å²) in [7, 11) is 0. The van der Waals surface area contributed by atoms with E-state index in [9.17, 15) is 14.7 Å². The molecule has 0 bridgehead atoms.